The Morgan fingerprint density at radius 1 is 1.00 bits per heavy atom. The SMILES string of the molecule is Cc1cc(Nc2nccc(C(F)(F)F)n2)cc(-c2cncnc2)c1. The zero-order chi connectivity index (χ0) is 17.2. The summed E-state index contributed by atoms with van der Waals surface area (Å²) in [7, 11) is 0. The van der Waals surface area contributed by atoms with Crippen LogP contribution in [0.15, 0.2) is 49.2 Å². The smallest absolute Gasteiger partial charge is 0.324 e. The number of hydrogen-bond acceptors (Lipinski definition) is 5. The minimum atomic E-state index is -4.52. The van der Waals surface area contributed by atoms with Gasteiger partial charge in [0.1, 0.15) is 12.0 Å². The van der Waals surface area contributed by atoms with Crippen LogP contribution in [-0.4, -0.2) is 19.9 Å². The van der Waals surface area contributed by atoms with Gasteiger partial charge in [0.25, 0.3) is 0 Å². The van der Waals surface area contributed by atoms with Crippen molar-refractivity contribution in [2.75, 3.05) is 5.32 Å². The number of rotatable bonds is 3. The van der Waals surface area contributed by atoms with Gasteiger partial charge < -0.3 is 5.32 Å². The molecule has 3 aromatic rings. The molecule has 2 aromatic heterocycles. The van der Waals surface area contributed by atoms with Crippen molar-refractivity contribution in [1.82, 2.24) is 19.9 Å². The maximum Gasteiger partial charge on any atom is 0.433 e. The molecule has 8 heteroatoms. The Kier molecular flexibility index (Phi) is 4.11. The van der Waals surface area contributed by atoms with Crippen molar-refractivity contribution in [3.63, 3.8) is 0 Å². The molecule has 0 amide bonds. The van der Waals surface area contributed by atoms with E-state index in [2.05, 4.69) is 25.3 Å². The van der Waals surface area contributed by atoms with Gasteiger partial charge in [0.05, 0.1) is 0 Å². The van der Waals surface area contributed by atoms with Gasteiger partial charge in [-0.1, -0.05) is 6.07 Å². The maximum atomic E-state index is 12.7. The van der Waals surface area contributed by atoms with Crippen molar-refractivity contribution in [3.8, 4) is 11.1 Å². The lowest BCUT2D eigenvalue weighted by Gasteiger charge is -2.11. The standard InChI is InChI=1S/C16H12F3N5/c1-10-4-11(12-7-20-9-21-8-12)6-13(5-10)23-15-22-3-2-14(24-15)16(17,18)19/h2-9H,1H3,(H,22,23,24). The first kappa shape index (κ1) is 15.9. The molecule has 0 saturated heterocycles. The molecule has 0 aliphatic carbocycles. The van der Waals surface area contributed by atoms with Crippen molar-refractivity contribution in [3.05, 3.63) is 60.4 Å². The van der Waals surface area contributed by atoms with Crippen molar-refractivity contribution in [1.29, 1.82) is 0 Å². The summed E-state index contributed by atoms with van der Waals surface area (Å²) in [6.07, 6.45) is 1.30. The molecule has 1 N–H and O–H groups in total. The van der Waals surface area contributed by atoms with Crippen LogP contribution in [0, 0.1) is 6.92 Å². The normalized spacial score (nSPS) is 11.3. The summed E-state index contributed by atoms with van der Waals surface area (Å²) in [6.45, 7) is 1.88. The molecule has 0 spiro atoms. The second-order valence-electron chi connectivity index (χ2n) is 5.10. The van der Waals surface area contributed by atoms with E-state index in [4.69, 9.17) is 0 Å². The Labute approximate surface area is 135 Å². The van der Waals surface area contributed by atoms with E-state index in [9.17, 15) is 13.2 Å². The predicted octanol–water partition coefficient (Wildman–Crippen LogP) is 4.00. The van der Waals surface area contributed by atoms with E-state index in [0.29, 0.717) is 5.69 Å². The average molecular weight is 331 g/mol. The van der Waals surface area contributed by atoms with Crippen LogP contribution in [0.2, 0.25) is 0 Å². The van der Waals surface area contributed by atoms with Crippen LogP contribution in [0.3, 0.4) is 0 Å². The van der Waals surface area contributed by atoms with Gasteiger partial charge in [-0.05, 0) is 36.2 Å². The first-order chi connectivity index (χ1) is 11.4. The van der Waals surface area contributed by atoms with Gasteiger partial charge >= 0.3 is 6.18 Å². The largest absolute Gasteiger partial charge is 0.433 e. The van der Waals surface area contributed by atoms with Gasteiger partial charge in [-0.15, -0.1) is 0 Å². The monoisotopic (exact) mass is 331 g/mol. The van der Waals surface area contributed by atoms with Crippen LogP contribution < -0.4 is 5.32 Å². The highest BCUT2D eigenvalue weighted by atomic mass is 19.4. The molecule has 0 aliphatic rings. The van der Waals surface area contributed by atoms with Crippen molar-refractivity contribution in [2.24, 2.45) is 0 Å². The zero-order valence-corrected chi connectivity index (χ0v) is 12.5. The number of aryl methyl sites for hydroxylation is 1. The molecule has 3 rings (SSSR count). The van der Waals surface area contributed by atoms with E-state index in [1.165, 1.54) is 6.33 Å². The van der Waals surface area contributed by atoms with Crippen molar-refractivity contribution < 1.29 is 13.2 Å². The Balaban J connectivity index is 1.92. The summed E-state index contributed by atoms with van der Waals surface area (Å²) >= 11 is 0. The lowest BCUT2D eigenvalue weighted by molar-refractivity contribution is -0.141. The third-order valence-corrected chi connectivity index (χ3v) is 3.17. The summed E-state index contributed by atoms with van der Waals surface area (Å²) < 4.78 is 38.2. The molecule has 0 atom stereocenters. The summed E-state index contributed by atoms with van der Waals surface area (Å²) in [5.74, 6) is -0.120. The Morgan fingerprint density at radius 3 is 2.46 bits per heavy atom. The molecular weight excluding hydrogens is 319 g/mol. The minimum absolute atomic E-state index is 0.120. The average Bonchev–Trinajstić information content (AvgIpc) is 2.54. The molecule has 1 aromatic carbocycles. The van der Waals surface area contributed by atoms with E-state index in [1.807, 2.05) is 13.0 Å². The highest BCUT2D eigenvalue weighted by Crippen LogP contribution is 2.29. The minimum Gasteiger partial charge on any atom is -0.324 e. The summed E-state index contributed by atoms with van der Waals surface area (Å²) in [5.41, 5.74) is 2.14. The number of anilines is 2. The molecule has 122 valence electrons. The maximum absolute atomic E-state index is 12.7. The summed E-state index contributed by atoms with van der Waals surface area (Å²) in [5, 5.41) is 2.80. The number of nitrogens with one attached hydrogen (secondary N) is 1. The Hall–Kier alpha value is -3.03. The van der Waals surface area contributed by atoms with Crippen LogP contribution in [0.5, 0.6) is 0 Å². The first-order valence-corrected chi connectivity index (χ1v) is 6.96. The van der Waals surface area contributed by atoms with Gasteiger partial charge in [0.15, 0.2) is 0 Å². The molecular formula is C16H12F3N5. The highest BCUT2D eigenvalue weighted by Gasteiger charge is 2.32. The van der Waals surface area contributed by atoms with Gasteiger partial charge in [-0.25, -0.2) is 19.9 Å². The fourth-order valence-electron chi connectivity index (χ4n) is 2.18. The van der Waals surface area contributed by atoms with Crippen LogP contribution in [0.25, 0.3) is 11.1 Å². The molecule has 5 nitrogen and oxygen atoms in total. The van der Waals surface area contributed by atoms with E-state index in [1.54, 1.807) is 24.5 Å². The second-order valence-corrected chi connectivity index (χ2v) is 5.10. The highest BCUT2D eigenvalue weighted by molar-refractivity contribution is 5.69. The summed E-state index contributed by atoms with van der Waals surface area (Å²) in [4.78, 5) is 15.3. The lowest BCUT2D eigenvalue weighted by Crippen LogP contribution is -2.10. The van der Waals surface area contributed by atoms with Gasteiger partial charge in [0, 0.05) is 29.8 Å². The first-order valence-electron chi connectivity index (χ1n) is 6.96. The molecule has 0 aliphatic heterocycles. The quantitative estimate of drug-likeness (QED) is 0.786. The molecule has 0 bridgehead atoms. The number of benzene rings is 1. The third-order valence-electron chi connectivity index (χ3n) is 3.17. The van der Waals surface area contributed by atoms with E-state index in [-0.39, 0.29) is 5.95 Å². The van der Waals surface area contributed by atoms with Gasteiger partial charge in [0.2, 0.25) is 5.95 Å². The van der Waals surface area contributed by atoms with Crippen LogP contribution in [0.4, 0.5) is 24.8 Å². The number of alkyl halides is 3. The molecule has 2 heterocycles. The number of nitrogens with zero attached hydrogens (tertiary/aromatic N) is 4. The van der Waals surface area contributed by atoms with E-state index >= 15 is 0 Å². The second kappa shape index (κ2) is 6.23. The predicted molar refractivity (Wildman–Crippen MR) is 82.5 cm³/mol. The lowest BCUT2D eigenvalue weighted by atomic mass is 10.1. The fourth-order valence-corrected chi connectivity index (χ4v) is 2.18. The van der Waals surface area contributed by atoms with Crippen molar-refractivity contribution in [2.45, 2.75) is 13.1 Å². The van der Waals surface area contributed by atoms with Gasteiger partial charge in [-0.2, -0.15) is 13.2 Å². The molecule has 0 fully saturated rings. The Bertz CT molecular complexity index is 850. The van der Waals surface area contributed by atoms with Crippen LogP contribution in [0.1, 0.15) is 11.3 Å². The Morgan fingerprint density at radius 2 is 1.75 bits per heavy atom. The molecule has 0 unspecified atom stereocenters. The third kappa shape index (κ3) is 3.65. The van der Waals surface area contributed by atoms with E-state index in [0.717, 1.165) is 29.0 Å². The summed E-state index contributed by atoms with van der Waals surface area (Å²) in [6, 6.07) is 6.32. The number of halogens is 3. The van der Waals surface area contributed by atoms with Crippen LogP contribution in [-0.2, 0) is 6.18 Å². The van der Waals surface area contributed by atoms with Crippen molar-refractivity contribution >= 4 is 11.6 Å². The van der Waals surface area contributed by atoms with E-state index < -0.39 is 11.9 Å². The fraction of sp³-hybridized carbons (Fsp3) is 0.125. The topological polar surface area (TPSA) is 63.6 Å². The molecule has 24 heavy (non-hydrogen) atoms. The molecule has 0 saturated carbocycles. The number of aromatic nitrogens is 4. The molecule has 0 radical (unpaired) electrons. The van der Waals surface area contributed by atoms with Gasteiger partial charge in [-0.3, -0.25) is 0 Å². The van der Waals surface area contributed by atoms with Crippen LogP contribution >= 0.6 is 0 Å². The zero-order valence-electron chi connectivity index (χ0n) is 12.5. The number of hydrogen-bond donors (Lipinski definition) is 1.